The van der Waals surface area contributed by atoms with Gasteiger partial charge in [-0.1, -0.05) is 0 Å². The minimum atomic E-state index is -0.950. The molecular formula is C17H23N7O2. The van der Waals surface area contributed by atoms with E-state index in [1.165, 1.54) is 0 Å². The largest absolute Gasteiger partial charge is 0.369 e. The maximum atomic E-state index is 12.8. The number of rotatable bonds is 5. The summed E-state index contributed by atoms with van der Waals surface area (Å²) in [4.78, 5) is 30.3. The highest BCUT2D eigenvalue weighted by Gasteiger charge is 2.57. The second-order valence-electron chi connectivity index (χ2n) is 7.31. The smallest absolute Gasteiger partial charge is 0.238 e. The Labute approximate surface area is 151 Å². The van der Waals surface area contributed by atoms with Gasteiger partial charge in [-0.3, -0.25) is 9.59 Å². The van der Waals surface area contributed by atoms with E-state index in [4.69, 9.17) is 5.73 Å². The number of primary amides is 1. The molecule has 4 rings (SSSR count). The molecule has 0 unspecified atom stereocenters. The van der Waals surface area contributed by atoms with Gasteiger partial charge >= 0.3 is 0 Å². The zero-order valence-electron chi connectivity index (χ0n) is 14.8. The Kier molecular flexibility index (Phi) is 4.01. The van der Waals surface area contributed by atoms with Gasteiger partial charge in [0.25, 0.3) is 0 Å². The fraction of sp³-hybridized carbons (Fsp3) is 0.588. The molecule has 1 saturated heterocycles. The Morgan fingerprint density at radius 1 is 1.35 bits per heavy atom. The highest BCUT2D eigenvalue weighted by molar-refractivity contribution is 6.07. The number of aromatic nitrogens is 5. The second kappa shape index (κ2) is 6.22. The standard InChI is InChI=1S/C17H23N7O2/c1-22-13(10-23-8-6-19-11-23)20-21-14(22)12-3-2-7-24(9-12)16(26)17(4-5-17)15(18)25/h6,8,11-12H,2-5,7,9-10H2,1H3,(H2,18,25)/t12-/m0/s1. The molecule has 2 aromatic heterocycles. The Balaban J connectivity index is 1.49. The van der Waals surface area contributed by atoms with E-state index in [1.54, 1.807) is 17.4 Å². The number of carbonyl (C=O) groups is 2. The number of likely N-dealkylation sites (tertiary alicyclic amines) is 1. The number of nitrogens with two attached hydrogens (primary N) is 1. The Morgan fingerprint density at radius 3 is 2.81 bits per heavy atom. The van der Waals surface area contributed by atoms with Crippen molar-refractivity contribution in [1.82, 2.24) is 29.2 Å². The second-order valence-corrected chi connectivity index (χ2v) is 7.31. The lowest BCUT2D eigenvalue weighted by atomic mass is 9.94. The van der Waals surface area contributed by atoms with Crippen molar-refractivity contribution >= 4 is 11.8 Å². The minimum Gasteiger partial charge on any atom is -0.369 e. The average molecular weight is 357 g/mol. The monoisotopic (exact) mass is 357 g/mol. The molecular weight excluding hydrogens is 334 g/mol. The van der Waals surface area contributed by atoms with Crippen LogP contribution in [-0.2, 0) is 23.2 Å². The summed E-state index contributed by atoms with van der Waals surface area (Å²) >= 11 is 0. The zero-order chi connectivity index (χ0) is 18.3. The quantitative estimate of drug-likeness (QED) is 0.759. The lowest BCUT2D eigenvalue weighted by molar-refractivity contribution is -0.144. The fourth-order valence-corrected chi connectivity index (χ4v) is 3.78. The number of carbonyl (C=O) groups excluding carboxylic acids is 2. The van der Waals surface area contributed by atoms with Gasteiger partial charge in [0, 0.05) is 38.4 Å². The van der Waals surface area contributed by atoms with Crippen LogP contribution in [-0.4, -0.2) is 54.1 Å². The van der Waals surface area contributed by atoms with E-state index in [0.717, 1.165) is 24.5 Å². The summed E-state index contributed by atoms with van der Waals surface area (Å²) in [6.07, 6.45) is 8.33. The van der Waals surface area contributed by atoms with E-state index in [-0.39, 0.29) is 11.8 Å². The van der Waals surface area contributed by atoms with Crippen molar-refractivity contribution in [3.05, 3.63) is 30.4 Å². The summed E-state index contributed by atoms with van der Waals surface area (Å²) in [7, 11) is 1.95. The first-order chi connectivity index (χ1) is 12.5. The summed E-state index contributed by atoms with van der Waals surface area (Å²) in [5, 5.41) is 8.69. The van der Waals surface area contributed by atoms with Crippen molar-refractivity contribution in [2.75, 3.05) is 13.1 Å². The van der Waals surface area contributed by atoms with Crippen LogP contribution in [0.5, 0.6) is 0 Å². The molecule has 0 radical (unpaired) electrons. The van der Waals surface area contributed by atoms with Crippen LogP contribution < -0.4 is 5.73 Å². The van der Waals surface area contributed by atoms with E-state index in [9.17, 15) is 9.59 Å². The van der Waals surface area contributed by atoms with E-state index < -0.39 is 11.3 Å². The molecule has 1 aliphatic carbocycles. The van der Waals surface area contributed by atoms with Gasteiger partial charge in [0.15, 0.2) is 5.82 Å². The third-order valence-electron chi connectivity index (χ3n) is 5.59. The van der Waals surface area contributed by atoms with Crippen LogP contribution in [0.3, 0.4) is 0 Å². The summed E-state index contributed by atoms with van der Waals surface area (Å²) in [5.74, 6) is 1.23. The predicted molar refractivity (Wildman–Crippen MR) is 91.7 cm³/mol. The molecule has 1 aliphatic heterocycles. The molecule has 9 nitrogen and oxygen atoms in total. The lowest BCUT2D eigenvalue weighted by Gasteiger charge is -2.34. The first kappa shape index (κ1) is 16.7. The third-order valence-corrected chi connectivity index (χ3v) is 5.59. The van der Waals surface area contributed by atoms with Crippen molar-refractivity contribution < 1.29 is 9.59 Å². The molecule has 26 heavy (non-hydrogen) atoms. The van der Waals surface area contributed by atoms with Gasteiger partial charge in [-0.05, 0) is 25.7 Å². The summed E-state index contributed by atoms with van der Waals surface area (Å²) in [6, 6.07) is 0. The Morgan fingerprint density at radius 2 is 2.15 bits per heavy atom. The van der Waals surface area contributed by atoms with E-state index in [1.807, 2.05) is 22.4 Å². The van der Waals surface area contributed by atoms with Crippen LogP contribution in [0.4, 0.5) is 0 Å². The third kappa shape index (κ3) is 2.77. The molecule has 2 aromatic rings. The number of hydrogen-bond acceptors (Lipinski definition) is 5. The number of hydrogen-bond donors (Lipinski definition) is 1. The maximum Gasteiger partial charge on any atom is 0.238 e. The van der Waals surface area contributed by atoms with Crippen LogP contribution in [0.1, 0.15) is 43.3 Å². The van der Waals surface area contributed by atoms with Crippen LogP contribution in [0, 0.1) is 5.41 Å². The topological polar surface area (TPSA) is 112 Å². The molecule has 9 heteroatoms. The molecule has 138 valence electrons. The number of imidazole rings is 1. The van der Waals surface area contributed by atoms with Crippen molar-refractivity contribution in [1.29, 1.82) is 0 Å². The van der Waals surface area contributed by atoms with Crippen LogP contribution >= 0.6 is 0 Å². The van der Waals surface area contributed by atoms with Gasteiger partial charge in [0.2, 0.25) is 11.8 Å². The molecule has 2 N–H and O–H groups in total. The van der Waals surface area contributed by atoms with Crippen molar-refractivity contribution in [3.63, 3.8) is 0 Å². The zero-order valence-corrected chi connectivity index (χ0v) is 14.8. The van der Waals surface area contributed by atoms with E-state index in [0.29, 0.717) is 32.5 Å². The van der Waals surface area contributed by atoms with Gasteiger partial charge in [-0.15, -0.1) is 10.2 Å². The molecule has 2 fully saturated rings. The summed E-state index contributed by atoms with van der Waals surface area (Å²) in [5.41, 5.74) is 4.51. The highest BCUT2D eigenvalue weighted by atomic mass is 16.2. The van der Waals surface area contributed by atoms with Gasteiger partial charge in [-0.2, -0.15) is 0 Å². The molecule has 1 atom stereocenters. The molecule has 2 amide bonds. The first-order valence-corrected chi connectivity index (χ1v) is 8.94. The number of piperidine rings is 1. The normalized spacial score (nSPS) is 21.6. The number of nitrogens with zero attached hydrogens (tertiary/aromatic N) is 6. The van der Waals surface area contributed by atoms with Gasteiger partial charge in [0.05, 0.1) is 12.9 Å². The van der Waals surface area contributed by atoms with Crippen molar-refractivity contribution in [3.8, 4) is 0 Å². The predicted octanol–water partition coefficient (Wildman–Crippen LogP) is 0.0314. The maximum absolute atomic E-state index is 12.8. The SMILES string of the molecule is Cn1c(Cn2ccnc2)nnc1[C@H]1CCCN(C(=O)C2(C(N)=O)CC2)C1. The molecule has 0 spiro atoms. The van der Waals surface area contributed by atoms with Gasteiger partial charge in [-0.25, -0.2) is 4.98 Å². The van der Waals surface area contributed by atoms with Gasteiger partial charge < -0.3 is 19.8 Å². The summed E-state index contributed by atoms with van der Waals surface area (Å²) < 4.78 is 3.94. The molecule has 3 heterocycles. The highest BCUT2D eigenvalue weighted by Crippen LogP contribution is 2.47. The fourth-order valence-electron chi connectivity index (χ4n) is 3.78. The minimum absolute atomic E-state index is 0.115. The number of amides is 2. The Bertz CT molecular complexity index is 822. The molecule has 0 aromatic carbocycles. The average Bonchev–Trinajstić information content (AvgIpc) is 3.16. The van der Waals surface area contributed by atoms with Crippen molar-refractivity contribution in [2.45, 2.75) is 38.1 Å². The lowest BCUT2D eigenvalue weighted by Crippen LogP contribution is -2.47. The van der Waals surface area contributed by atoms with Crippen LogP contribution in [0.25, 0.3) is 0 Å². The van der Waals surface area contributed by atoms with Crippen LogP contribution in [0.15, 0.2) is 18.7 Å². The summed E-state index contributed by atoms with van der Waals surface area (Å²) in [6.45, 7) is 1.83. The molecule has 1 saturated carbocycles. The van der Waals surface area contributed by atoms with Crippen LogP contribution in [0.2, 0.25) is 0 Å². The molecule has 2 aliphatic rings. The Hall–Kier alpha value is -2.71. The van der Waals surface area contributed by atoms with Gasteiger partial charge in [0.1, 0.15) is 11.2 Å². The first-order valence-electron chi connectivity index (χ1n) is 8.94. The molecule has 0 bridgehead atoms. The van der Waals surface area contributed by atoms with E-state index >= 15 is 0 Å². The van der Waals surface area contributed by atoms with E-state index in [2.05, 4.69) is 15.2 Å². The van der Waals surface area contributed by atoms with Crippen molar-refractivity contribution in [2.24, 2.45) is 18.2 Å².